The van der Waals surface area contributed by atoms with Crippen molar-refractivity contribution in [1.29, 1.82) is 0 Å². The molecule has 1 heterocycles. The van der Waals surface area contributed by atoms with E-state index in [9.17, 15) is 0 Å². The third-order valence-electron chi connectivity index (χ3n) is 3.44. The Bertz CT molecular complexity index is 401. The van der Waals surface area contributed by atoms with E-state index in [1.807, 2.05) is 6.92 Å². The summed E-state index contributed by atoms with van der Waals surface area (Å²) >= 11 is 0. The molecule has 0 saturated heterocycles. The Balaban J connectivity index is 2.55. The number of hydrogen-bond acceptors (Lipinski definition) is 5. The van der Waals surface area contributed by atoms with Gasteiger partial charge in [-0.25, -0.2) is 9.97 Å². The SMILES string of the molecule is CCNc1nc(C)nc(NCCCN(CC)CC)c1C. The predicted molar refractivity (Wildman–Crippen MR) is 86.6 cm³/mol. The van der Waals surface area contributed by atoms with E-state index < -0.39 is 0 Å². The van der Waals surface area contributed by atoms with Crippen molar-refractivity contribution in [2.24, 2.45) is 0 Å². The van der Waals surface area contributed by atoms with Crippen LogP contribution in [0.2, 0.25) is 0 Å². The Morgan fingerprint density at radius 2 is 1.55 bits per heavy atom. The van der Waals surface area contributed by atoms with Crippen molar-refractivity contribution in [2.45, 2.75) is 41.0 Å². The van der Waals surface area contributed by atoms with Gasteiger partial charge in [-0.1, -0.05) is 13.8 Å². The monoisotopic (exact) mass is 279 g/mol. The fraction of sp³-hybridized carbons (Fsp3) is 0.733. The van der Waals surface area contributed by atoms with Crippen LogP contribution in [-0.4, -0.2) is 47.6 Å². The van der Waals surface area contributed by atoms with Gasteiger partial charge in [0.05, 0.1) is 0 Å². The number of aryl methyl sites for hydroxylation is 1. The quantitative estimate of drug-likeness (QED) is 0.681. The molecule has 0 atom stereocenters. The molecule has 1 aromatic rings. The topological polar surface area (TPSA) is 53.1 Å². The molecule has 0 amide bonds. The molecule has 1 rings (SSSR count). The maximum Gasteiger partial charge on any atom is 0.134 e. The zero-order valence-corrected chi connectivity index (χ0v) is 13.6. The highest BCUT2D eigenvalue weighted by molar-refractivity contribution is 5.57. The molecule has 0 radical (unpaired) electrons. The van der Waals surface area contributed by atoms with Crippen LogP contribution < -0.4 is 10.6 Å². The molecule has 2 N–H and O–H groups in total. The second-order valence-corrected chi connectivity index (χ2v) is 4.93. The molecule has 5 nitrogen and oxygen atoms in total. The standard InChI is InChI=1S/C15H29N5/c1-6-16-14-12(4)15(19-13(5)18-14)17-10-9-11-20(7-2)8-3/h6-11H2,1-5H3,(H2,16,17,18,19). The highest BCUT2D eigenvalue weighted by Crippen LogP contribution is 2.19. The first-order valence-electron chi connectivity index (χ1n) is 7.67. The molecule has 0 unspecified atom stereocenters. The highest BCUT2D eigenvalue weighted by atomic mass is 15.1. The van der Waals surface area contributed by atoms with Crippen LogP contribution in [0.1, 0.15) is 38.6 Å². The number of nitrogens with one attached hydrogen (secondary N) is 2. The maximum absolute atomic E-state index is 4.50. The van der Waals surface area contributed by atoms with Gasteiger partial charge in [0.2, 0.25) is 0 Å². The van der Waals surface area contributed by atoms with Gasteiger partial charge in [-0.15, -0.1) is 0 Å². The van der Waals surface area contributed by atoms with Gasteiger partial charge in [0.15, 0.2) is 0 Å². The summed E-state index contributed by atoms with van der Waals surface area (Å²) in [6.07, 6.45) is 1.13. The average molecular weight is 279 g/mol. The molecule has 5 heteroatoms. The molecule has 1 aromatic heterocycles. The number of hydrogen-bond donors (Lipinski definition) is 2. The van der Waals surface area contributed by atoms with E-state index in [1.165, 1.54) is 0 Å². The Labute approximate surface area is 123 Å². The minimum Gasteiger partial charge on any atom is -0.370 e. The minimum absolute atomic E-state index is 0.804. The predicted octanol–water partition coefficient (Wildman–Crippen LogP) is 2.67. The van der Waals surface area contributed by atoms with Gasteiger partial charge in [-0.2, -0.15) is 0 Å². The van der Waals surface area contributed by atoms with E-state index >= 15 is 0 Å². The summed E-state index contributed by atoms with van der Waals surface area (Å²) in [6, 6.07) is 0. The largest absolute Gasteiger partial charge is 0.370 e. The smallest absolute Gasteiger partial charge is 0.134 e. The normalized spacial score (nSPS) is 10.9. The minimum atomic E-state index is 0.804. The lowest BCUT2D eigenvalue weighted by Crippen LogP contribution is -2.25. The maximum atomic E-state index is 4.50. The highest BCUT2D eigenvalue weighted by Gasteiger charge is 2.08. The zero-order chi connectivity index (χ0) is 15.0. The summed E-state index contributed by atoms with van der Waals surface area (Å²) in [5.74, 6) is 2.69. The summed E-state index contributed by atoms with van der Waals surface area (Å²) in [7, 11) is 0. The van der Waals surface area contributed by atoms with E-state index in [1.54, 1.807) is 0 Å². The number of aromatic nitrogens is 2. The van der Waals surface area contributed by atoms with Gasteiger partial charge >= 0.3 is 0 Å². The number of anilines is 2. The Hall–Kier alpha value is -1.36. The van der Waals surface area contributed by atoms with Crippen LogP contribution in [0.4, 0.5) is 11.6 Å². The molecule has 20 heavy (non-hydrogen) atoms. The summed E-state index contributed by atoms with van der Waals surface area (Å²) in [6.45, 7) is 15.7. The lowest BCUT2D eigenvalue weighted by Gasteiger charge is -2.18. The van der Waals surface area contributed by atoms with E-state index in [-0.39, 0.29) is 0 Å². The molecule has 0 saturated carbocycles. The van der Waals surface area contributed by atoms with Gasteiger partial charge in [0, 0.05) is 18.7 Å². The molecule has 0 spiro atoms. The molecular formula is C15H29N5. The first kappa shape index (κ1) is 16.7. The van der Waals surface area contributed by atoms with Crippen LogP contribution in [0.25, 0.3) is 0 Å². The lowest BCUT2D eigenvalue weighted by atomic mass is 10.3. The van der Waals surface area contributed by atoms with E-state index in [2.05, 4.69) is 53.2 Å². The molecule has 0 aliphatic carbocycles. The molecular weight excluding hydrogens is 250 g/mol. The molecule has 0 bridgehead atoms. The van der Waals surface area contributed by atoms with Crippen molar-refractivity contribution in [2.75, 3.05) is 43.4 Å². The Morgan fingerprint density at radius 1 is 0.950 bits per heavy atom. The Morgan fingerprint density at radius 3 is 2.10 bits per heavy atom. The van der Waals surface area contributed by atoms with Crippen LogP contribution >= 0.6 is 0 Å². The molecule has 114 valence electrons. The van der Waals surface area contributed by atoms with Crippen LogP contribution in [0.15, 0.2) is 0 Å². The van der Waals surface area contributed by atoms with Crippen LogP contribution in [-0.2, 0) is 0 Å². The first-order valence-corrected chi connectivity index (χ1v) is 7.67. The second-order valence-electron chi connectivity index (χ2n) is 4.93. The first-order chi connectivity index (χ1) is 9.62. The van der Waals surface area contributed by atoms with Crippen molar-refractivity contribution >= 4 is 11.6 Å². The van der Waals surface area contributed by atoms with Crippen LogP contribution in [0.5, 0.6) is 0 Å². The van der Waals surface area contributed by atoms with Gasteiger partial charge < -0.3 is 15.5 Å². The van der Waals surface area contributed by atoms with E-state index in [0.717, 1.165) is 62.2 Å². The van der Waals surface area contributed by atoms with Crippen molar-refractivity contribution < 1.29 is 0 Å². The van der Waals surface area contributed by atoms with Crippen molar-refractivity contribution in [3.8, 4) is 0 Å². The second kappa shape index (κ2) is 8.74. The van der Waals surface area contributed by atoms with Gasteiger partial charge in [-0.05, 0) is 46.8 Å². The van der Waals surface area contributed by atoms with E-state index in [0.29, 0.717) is 0 Å². The average Bonchev–Trinajstić information content (AvgIpc) is 2.44. The third-order valence-corrected chi connectivity index (χ3v) is 3.44. The van der Waals surface area contributed by atoms with Crippen LogP contribution in [0, 0.1) is 13.8 Å². The van der Waals surface area contributed by atoms with E-state index in [4.69, 9.17) is 0 Å². The summed E-state index contributed by atoms with van der Waals surface area (Å²) in [5.41, 5.74) is 1.10. The van der Waals surface area contributed by atoms with Gasteiger partial charge in [0.25, 0.3) is 0 Å². The molecule has 0 aliphatic rings. The number of nitrogens with zero attached hydrogens (tertiary/aromatic N) is 3. The van der Waals surface area contributed by atoms with Gasteiger partial charge in [-0.3, -0.25) is 0 Å². The molecule has 0 aliphatic heterocycles. The summed E-state index contributed by atoms with van der Waals surface area (Å²) < 4.78 is 0. The zero-order valence-electron chi connectivity index (χ0n) is 13.6. The fourth-order valence-corrected chi connectivity index (χ4v) is 2.19. The summed E-state index contributed by atoms with van der Waals surface area (Å²) in [4.78, 5) is 11.4. The van der Waals surface area contributed by atoms with Crippen LogP contribution in [0.3, 0.4) is 0 Å². The number of rotatable bonds is 9. The van der Waals surface area contributed by atoms with Gasteiger partial charge in [0.1, 0.15) is 17.5 Å². The molecule has 0 aromatic carbocycles. The Kier molecular flexibility index (Phi) is 7.30. The van der Waals surface area contributed by atoms with Crippen molar-refractivity contribution in [3.63, 3.8) is 0 Å². The fourth-order valence-electron chi connectivity index (χ4n) is 2.19. The van der Waals surface area contributed by atoms with Crippen molar-refractivity contribution in [1.82, 2.24) is 14.9 Å². The lowest BCUT2D eigenvalue weighted by molar-refractivity contribution is 0.303. The molecule has 0 fully saturated rings. The third kappa shape index (κ3) is 4.96. The summed E-state index contributed by atoms with van der Waals surface area (Å²) in [5, 5.41) is 6.72. The van der Waals surface area contributed by atoms with Crippen molar-refractivity contribution in [3.05, 3.63) is 11.4 Å².